The first-order chi connectivity index (χ1) is 32.3. The second-order valence-electron chi connectivity index (χ2n) is 21.7. The molecule has 7 aromatic carbocycles. The largest absolute Gasteiger partial charge is 0.509 e. The van der Waals surface area contributed by atoms with Gasteiger partial charge in [0.15, 0.2) is 0 Å². The van der Waals surface area contributed by atoms with E-state index in [-0.39, 0.29) is 37.3 Å². The standard InChI is InChI=1S/C63H61N4O.Pt/c1-40-31-59(64-38-54(40)60-41(2)29-45(30-42(60)3)61(4,5)6)67-55-28-25-44(43-19-14-13-15-20-43)32-53(55)52-27-26-51(37-58(52)67)68-50-22-18-21-48(36-50)65-39-66(57-24-17-16-23-56(57)65)49-34-46(62(7,8)9)33-47(35-49)63(10,11)12;/h13-35,38-39H,1-12H3;/q-3;. The molecule has 0 N–H and O–H groups in total. The van der Waals surface area contributed by atoms with Crippen molar-refractivity contribution in [2.75, 3.05) is 9.80 Å². The van der Waals surface area contributed by atoms with Gasteiger partial charge in [0, 0.05) is 66.9 Å². The Hall–Kier alpha value is -6.42. The van der Waals surface area contributed by atoms with Crippen molar-refractivity contribution in [3.8, 4) is 39.6 Å². The first-order valence-electron chi connectivity index (χ1n) is 23.9. The Labute approximate surface area is 424 Å². The number of aryl methyl sites for hydroxylation is 3. The molecule has 352 valence electrons. The van der Waals surface area contributed by atoms with Gasteiger partial charge >= 0.3 is 0 Å². The van der Waals surface area contributed by atoms with E-state index in [2.05, 4.69) is 238 Å². The number of hydrogen-bond donors (Lipinski definition) is 0. The average molecular weight is 1090 g/mol. The zero-order valence-electron chi connectivity index (χ0n) is 41.9. The molecule has 1 aliphatic rings. The van der Waals surface area contributed by atoms with Gasteiger partial charge in [0.2, 0.25) is 0 Å². The minimum atomic E-state index is -0.00819. The minimum Gasteiger partial charge on any atom is -0.509 e. The van der Waals surface area contributed by atoms with Crippen LogP contribution in [0.3, 0.4) is 0 Å². The van der Waals surface area contributed by atoms with Gasteiger partial charge in [-0.3, -0.25) is 0 Å². The molecule has 0 spiro atoms. The maximum absolute atomic E-state index is 6.73. The van der Waals surface area contributed by atoms with E-state index in [1.54, 1.807) is 0 Å². The van der Waals surface area contributed by atoms with Gasteiger partial charge in [-0.15, -0.1) is 48.1 Å². The molecule has 9 aromatic rings. The summed E-state index contributed by atoms with van der Waals surface area (Å²) in [5, 5.41) is 2.20. The second-order valence-corrected chi connectivity index (χ2v) is 21.7. The SMILES string of the molecule is Cc1cc(-n2c3[c-]c(Oc4[c-]c(N5[CH-]N(c6cc(C(C)(C)C)cc(C(C)(C)C)c6)c6ccccc65)ccc4)ccc3c3cc(-c4ccccc4)ccc32)ncc1-c1c(C)cc(C(C)(C)C)cc1C.[Pt]. The number of ether oxygens (including phenoxy) is 1. The number of anilines is 4. The first kappa shape index (κ1) is 47.6. The van der Waals surface area contributed by atoms with Crippen molar-refractivity contribution in [1.82, 2.24) is 9.55 Å². The predicted molar refractivity (Wildman–Crippen MR) is 285 cm³/mol. The molecule has 10 rings (SSSR count). The topological polar surface area (TPSA) is 33.5 Å². The molecule has 0 bridgehead atoms. The van der Waals surface area contributed by atoms with Crippen LogP contribution in [-0.2, 0) is 37.3 Å². The molecule has 0 atom stereocenters. The Balaban J connectivity index is 0.00000593. The van der Waals surface area contributed by atoms with E-state index >= 15 is 0 Å². The molecule has 0 unspecified atom stereocenters. The minimum absolute atomic E-state index is 0. The van der Waals surface area contributed by atoms with E-state index in [1.165, 1.54) is 38.9 Å². The maximum Gasteiger partial charge on any atom is 0.135 e. The third-order valence-electron chi connectivity index (χ3n) is 13.5. The zero-order valence-corrected chi connectivity index (χ0v) is 44.2. The fraction of sp³-hybridized carbons (Fsp3) is 0.238. The van der Waals surface area contributed by atoms with Crippen LogP contribution in [0.15, 0.2) is 146 Å². The summed E-state index contributed by atoms with van der Waals surface area (Å²) < 4.78 is 8.97. The summed E-state index contributed by atoms with van der Waals surface area (Å²) in [5.74, 6) is 2.03. The van der Waals surface area contributed by atoms with E-state index < -0.39 is 0 Å². The predicted octanol–water partition coefficient (Wildman–Crippen LogP) is 17.1. The Morgan fingerprint density at radius 1 is 0.522 bits per heavy atom. The fourth-order valence-electron chi connectivity index (χ4n) is 9.66. The molecule has 0 saturated heterocycles. The van der Waals surface area contributed by atoms with Crippen molar-refractivity contribution < 1.29 is 25.8 Å². The van der Waals surface area contributed by atoms with Crippen LogP contribution in [0, 0.1) is 39.6 Å². The third kappa shape index (κ3) is 9.03. The molecule has 1 aliphatic heterocycles. The molecule has 6 heteroatoms. The van der Waals surface area contributed by atoms with Gasteiger partial charge < -0.3 is 19.1 Å². The summed E-state index contributed by atoms with van der Waals surface area (Å²) in [6.45, 7) is 29.3. The number of nitrogens with zero attached hydrogens (tertiary/aromatic N) is 4. The third-order valence-corrected chi connectivity index (χ3v) is 13.5. The van der Waals surface area contributed by atoms with Gasteiger partial charge in [0.25, 0.3) is 0 Å². The molecule has 69 heavy (non-hydrogen) atoms. The Kier molecular flexibility index (Phi) is 12.3. The number of para-hydroxylation sites is 2. The van der Waals surface area contributed by atoms with Crippen molar-refractivity contribution in [3.63, 3.8) is 0 Å². The van der Waals surface area contributed by atoms with E-state index in [0.29, 0.717) is 11.5 Å². The van der Waals surface area contributed by atoms with Gasteiger partial charge in [-0.05, 0) is 129 Å². The van der Waals surface area contributed by atoms with Crippen LogP contribution in [0.25, 0.3) is 49.9 Å². The quantitative estimate of drug-likeness (QED) is 0.149. The number of benzene rings is 7. The molecule has 0 fully saturated rings. The van der Waals surface area contributed by atoms with Crippen molar-refractivity contribution >= 4 is 44.6 Å². The zero-order chi connectivity index (χ0) is 47.9. The molecule has 0 amide bonds. The summed E-state index contributed by atoms with van der Waals surface area (Å²) in [4.78, 5) is 9.73. The van der Waals surface area contributed by atoms with Gasteiger partial charge in [-0.1, -0.05) is 141 Å². The normalized spacial score (nSPS) is 13.0. The fourth-order valence-corrected chi connectivity index (χ4v) is 9.66. The van der Waals surface area contributed by atoms with Crippen LogP contribution in [-0.4, -0.2) is 9.55 Å². The van der Waals surface area contributed by atoms with E-state index in [1.807, 2.05) is 24.4 Å². The molecular weight excluding hydrogens is 1020 g/mol. The van der Waals surface area contributed by atoms with Gasteiger partial charge in [-0.25, -0.2) is 4.98 Å². The van der Waals surface area contributed by atoms with Crippen molar-refractivity contribution in [1.29, 1.82) is 0 Å². The van der Waals surface area contributed by atoms with Gasteiger partial charge in [-0.2, -0.15) is 12.1 Å². The van der Waals surface area contributed by atoms with Crippen molar-refractivity contribution in [2.45, 2.75) is 99.3 Å². The van der Waals surface area contributed by atoms with E-state index in [9.17, 15) is 0 Å². The number of hydrogen-bond acceptors (Lipinski definition) is 4. The molecule has 3 heterocycles. The van der Waals surface area contributed by atoms with E-state index in [0.717, 1.165) is 67.1 Å². The van der Waals surface area contributed by atoms with Crippen LogP contribution in [0.4, 0.5) is 22.7 Å². The molecule has 2 aromatic heterocycles. The van der Waals surface area contributed by atoms with Gasteiger partial charge in [0.05, 0.1) is 0 Å². The molecule has 5 nitrogen and oxygen atoms in total. The Morgan fingerprint density at radius 2 is 1.13 bits per heavy atom. The molecule has 0 saturated carbocycles. The number of pyridine rings is 1. The Morgan fingerprint density at radius 3 is 1.77 bits per heavy atom. The number of fused-ring (bicyclic) bond motifs is 4. The molecule has 0 radical (unpaired) electrons. The molecule has 0 aliphatic carbocycles. The monoisotopic (exact) mass is 1080 g/mol. The Bertz CT molecular complexity index is 3340. The summed E-state index contributed by atoms with van der Waals surface area (Å²) >= 11 is 0. The smallest absolute Gasteiger partial charge is 0.135 e. The number of aromatic nitrogens is 2. The van der Waals surface area contributed by atoms with Crippen LogP contribution in [0.5, 0.6) is 11.5 Å². The second kappa shape index (κ2) is 17.8. The molecular formula is C63H61N4OPt-3. The summed E-state index contributed by atoms with van der Waals surface area (Å²) in [6.07, 6.45) is 2.05. The van der Waals surface area contributed by atoms with Crippen LogP contribution in [0.2, 0.25) is 0 Å². The van der Waals surface area contributed by atoms with Crippen LogP contribution >= 0.6 is 0 Å². The maximum atomic E-state index is 6.73. The van der Waals surface area contributed by atoms with Crippen molar-refractivity contribution in [3.05, 3.63) is 198 Å². The van der Waals surface area contributed by atoms with E-state index in [4.69, 9.17) is 9.72 Å². The summed E-state index contributed by atoms with van der Waals surface area (Å²) in [6, 6.07) is 57.4. The average Bonchev–Trinajstić information content (AvgIpc) is 3.84. The summed E-state index contributed by atoms with van der Waals surface area (Å²) in [5.41, 5.74) is 18.6. The van der Waals surface area contributed by atoms with Crippen molar-refractivity contribution in [2.24, 2.45) is 0 Å². The first-order valence-corrected chi connectivity index (χ1v) is 23.9. The van der Waals surface area contributed by atoms with Crippen LogP contribution < -0.4 is 14.5 Å². The van der Waals surface area contributed by atoms with Crippen LogP contribution in [0.1, 0.15) is 95.7 Å². The number of rotatable bonds is 7. The van der Waals surface area contributed by atoms with Gasteiger partial charge in [0.1, 0.15) is 5.82 Å². The summed E-state index contributed by atoms with van der Waals surface area (Å²) in [7, 11) is 0.